The largest absolute Gasteiger partial charge is 0.450 e. The molecule has 0 radical (unpaired) electrons. The van der Waals surface area contributed by atoms with Crippen LogP contribution in [-0.2, 0) is 9.53 Å². The van der Waals surface area contributed by atoms with Crippen molar-refractivity contribution < 1.29 is 14.3 Å². The van der Waals surface area contributed by atoms with E-state index in [9.17, 15) is 9.59 Å². The van der Waals surface area contributed by atoms with Crippen LogP contribution in [0.15, 0.2) is 0 Å². The monoisotopic (exact) mass is 329 g/mol. The fourth-order valence-electron chi connectivity index (χ4n) is 2.62. The van der Waals surface area contributed by atoms with Crippen LogP contribution in [0.4, 0.5) is 4.79 Å². The summed E-state index contributed by atoms with van der Waals surface area (Å²) >= 11 is 0. The third kappa shape index (κ3) is 6.35. The molecule has 1 saturated carbocycles. The number of carbonyl (C=O) groups excluding carboxylic acids is 2. The van der Waals surface area contributed by atoms with Crippen LogP contribution >= 0.6 is 0 Å². The van der Waals surface area contributed by atoms with E-state index >= 15 is 0 Å². The van der Waals surface area contributed by atoms with E-state index < -0.39 is 14.2 Å². The topological polar surface area (TPSA) is 84.7 Å². The Labute approximate surface area is 134 Å². The number of carbonyl (C=O) groups is 2. The first kappa shape index (κ1) is 19.0. The molecule has 3 atom stereocenters. The summed E-state index contributed by atoms with van der Waals surface area (Å²) in [7, 11) is 2.32. The van der Waals surface area contributed by atoms with Gasteiger partial charge in [-0.1, -0.05) is 19.6 Å². The lowest BCUT2D eigenvalue weighted by atomic mass is 9.82. The molecule has 0 bridgehead atoms. The minimum atomic E-state index is -1.19. The molecule has 7 heteroatoms. The number of hydrogen-bond donors (Lipinski definition) is 2. The van der Waals surface area contributed by atoms with E-state index in [0.29, 0.717) is 19.4 Å². The summed E-state index contributed by atoms with van der Waals surface area (Å²) in [5, 5.41) is 2.85. The van der Waals surface area contributed by atoms with Gasteiger partial charge in [0.2, 0.25) is 5.91 Å². The molecule has 0 aromatic heterocycles. The molecule has 1 aliphatic rings. The van der Waals surface area contributed by atoms with Crippen LogP contribution in [0.3, 0.4) is 0 Å². The zero-order chi connectivity index (χ0) is 16.9. The van der Waals surface area contributed by atoms with E-state index in [2.05, 4.69) is 25.0 Å². The third-order valence-electron chi connectivity index (χ3n) is 4.08. The minimum absolute atomic E-state index is 0.0361. The fourth-order valence-corrected chi connectivity index (χ4v) is 3.33. The molecule has 1 fully saturated rings. The Kier molecular flexibility index (Phi) is 6.86. The summed E-state index contributed by atoms with van der Waals surface area (Å²) in [5.74, 6) is 0.0811. The summed E-state index contributed by atoms with van der Waals surface area (Å²) in [6, 6.07) is 0.647. The van der Waals surface area contributed by atoms with Gasteiger partial charge < -0.3 is 20.7 Å². The van der Waals surface area contributed by atoms with Crippen molar-refractivity contribution in [3.63, 3.8) is 0 Å². The first-order valence-electron chi connectivity index (χ1n) is 8.00. The molecule has 1 rings (SSSR count). The summed E-state index contributed by atoms with van der Waals surface area (Å²) in [6.07, 6.45) is 1.69. The first-order valence-corrected chi connectivity index (χ1v) is 11.7. The highest BCUT2D eigenvalue weighted by atomic mass is 28.3. The van der Waals surface area contributed by atoms with Crippen LogP contribution in [0, 0.1) is 5.92 Å². The maximum absolute atomic E-state index is 12.0. The van der Waals surface area contributed by atoms with Gasteiger partial charge in [-0.2, -0.15) is 0 Å². The Morgan fingerprint density at radius 1 is 1.27 bits per heavy atom. The van der Waals surface area contributed by atoms with E-state index in [4.69, 9.17) is 10.5 Å². The van der Waals surface area contributed by atoms with Gasteiger partial charge in [0, 0.05) is 40.2 Å². The molecule has 0 aromatic carbocycles. The molecule has 22 heavy (non-hydrogen) atoms. The highest BCUT2D eigenvalue weighted by molar-refractivity contribution is 6.76. The van der Waals surface area contributed by atoms with Crippen LogP contribution in [0.2, 0.25) is 25.7 Å². The van der Waals surface area contributed by atoms with E-state index in [1.165, 1.54) is 0 Å². The number of rotatable bonds is 5. The first-order chi connectivity index (χ1) is 10.1. The molecule has 0 aliphatic heterocycles. The van der Waals surface area contributed by atoms with Gasteiger partial charge in [-0.15, -0.1) is 0 Å². The molecule has 2 amide bonds. The van der Waals surface area contributed by atoms with Gasteiger partial charge in [-0.25, -0.2) is 4.79 Å². The average molecular weight is 330 g/mol. The predicted molar refractivity (Wildman–Crippen MR) is 90.4 cm³/mol. The Morgan fingerprint density at radius 3 is 2.41 bits per heavy atom. The van der Waals surface area contributed by atoms with Gasteiger partial charge in [0.25, 0.3) is 0 Å². The quantitative estimate of drug-likeness (QED) is 0.751. The van der Waals surface area contributed by atoms with Crippen molar-refractivity contribution in [3.8, 4) is 0 Å². The predicted octanol–water partition coefficient (Wildman–Crippen LogP) is 1.63. The summed E-state index contributed by atoms with van der Waals surface area (Å²) in [5.41, 5.74) is 6.12. The lowest BCUT2D eigenvalue weighted by Gasteiger charge is -2.34. The van der Waals surface area contributed by atoms with Gasteiger partial charge in [0.1, 0.15) is 0 Å². The third-order valence-corrected chi connectivity index (χ3v) is 5.78. The second kappa shape index (κ2) is 7.96. The smallest absolute Gasteiger partial charge is 0.407 e. The van der Waals surface area contributed by atoms with Crippen molar-refractivity contribution in [1.82, 2.24) is 10.2 Å². The van der Waals surface area contributed by atoms with Crippen LogP contribution in [-0.4, -0.2) is 57.8 Å². The van der Waals surface area contributed by atoms with Crippen molar-refractivity contribution >= 4 is 20.1 Å². The molecular weight excluding hydrogens is 298 g/mol. The van der Waals surface area contributed by atoms with Gasteiger partial charge in [0.15, 0.2) is 0 Å². The highest BCUT2D eigenvalue weighted by Crippen LogP contribution is 2.25. The molecule has 128 valence electrons. The number of hydrogen-bond acceptors (Lipinski definition) is 4. The SMILES string of the molecule is CN(C)C(=O)C1CCC(NC(=O)OCC[Si](C)(C)C)C(N)C1. The second-order valence-electron chi connectivity index (χ2n) is 7.60. The number of alkyl carbamates (subject to hydrolysis) is 1. The normalized spacial score (nSPS) is 25.5. The Hall–Kier alpha value is -1.08. The van der Waals surface area contributed by atoms with E-state index in [1.807, 2.05) is 0 Å². The maximum Gasteiger partial charge on any atom is 0.407 e. The zero-order valence-corrected chi connectivity index (χ0v) is 15.5. The zero-order valence-electron chi connectivity index (χ0n) is 14.5. The number of ether oxygens (including phenoxy) is 1. The van der Waals surface area contributed by atoms with Crippen molar-refractivity contribution in [2.45, 2.75) is 57.0 Å². The van der Waals surface area contributed by atoms with Gasteiger partial charge in [-0.05, 0) is 25.3 Å². The van der Waals surface area contributed by atoms with Crippen LogP contribution in [0.1, 0.15) is 19.3 Å². The maximum atomic E-state index is 12.0. The van der Waals surface area contributed by atoms with Crippen molar-refractivity contribution in [2.75, 3.05) is 20.7 Å². The standard InChI is InChI=1S/C15H31N3O3Si/c1-18(2)14(19)11-6-7-13(12(16)10-11)17-15(20)21-8-9-22(3,4)5/h11-13H,6-10,16H2,1-5H3,(H,17,20). The molecule has 3 N–H and O–H groups in total. The summed E-state index contributed by atoms with van der Waals surface area (Å²) < 4.78 is 5.24. The van der Waals surface area contributed by atoms with Crippen molar-refractivity contribution in [3.05, 3.63) is 0 Å². The molecular formula is C15H31N3O3Si. The Morgan fingerprint density at radius 2 is 1.91 bits per heavy atom. The summed E-state index contributed by atoms with van der Waals surface area (Å²) in [4.78, 5) is 25.4. The van der Waals surface area contributed by atoms with Crippen LogP contribution in [0.25, 0.3) is 0 Å². The molecule has 0 spiro atoms. The molecule has 1 aliphatic carbocycles. The lowest BCUT2D eigenvalue weighted by Crippen LogP contribution is -2.52. The van der Waals surface area contributed by atoms with Crippen LogP contribution in [0.5, 0.6) is 0 Å². The van der Waals surface area contributed by atoms with Crippen molar-refractivity contribution in [1.29, 1.82) is 0 Å². The average Bonchev–Trinajstić information content (AvgIpc) is 2.38. The van der Waals surface area contributed by atoms with E-state index in [-0.39, 0.29) is 23.9 Å². The number of nitrogens with one attached hydrogen (secondary N) is 1. The van der Waals surface area contributed by atoms with Gasteiger partial charge in [0.05, 0.1) is 6.61 Å². The van der Waals surface area contributed by atoms with Crippen LogP contribution < -0.4 is 11.1 Å². The molecule has 0 saturated heterocycles. The molecule has 0 aromatic rings. The lowest BCUT2D eigenvalue weighted by molar-refractivity contribution is -0.134. The van der Waals surface area contributed by atoms with Gasteiger partial charge in [-0.3, -0.25) is 4.79 Å². The number of nitrogens with two attached hydrogens (primary N) is 1. The number of amides is 2. The van der Waals surface area contributed by atoms with E-state index in [1.54, 1.807) is 19.0 Å². The van der Waals surface area contributed by atoms with Gasteiger partial charge >= 0.3 is 6.09 Å². The van der Waals surface area contributed by atoms with E-state index in [0.717, 1.165) is 12.5 Å². The fraction of sp³-hybridized carbons (Fsp3) is 0.867. The highest BCUT2D eigenvalue weighted by Gasteiger charge is 2.33. The minimum Gasteiger partial charge on any atom is -0.450 e. The summed E-state index contributed by atoms with van der Waals surface area (Å²) in [6.45, 7) is 7.19. The molecule has 3 unspecified atom stereocenters. The Bertz CT molecular complexity index is 396. The van der Waals surface area contributed by atoms with Crippen molar-refractivity contribution in [2.24, 2.45) is 11.7 Å². The molecule has 0 heterocycles. The number of nitrogens with zero attached hydrogens (tertiary/aromatic N) is 1. The Balaban J connectivity index is 2.36. The second-order valence-corrected chi connectivity index (χ2v) is 13.2. The molecule has 6 nitrogen and oxygen atoms in total.